The van der Waals surface area contributed by atoms with Gasteiger partial charge in [-0.3, -0.25) is 0 Å². The van der Waals surface area contributed by atoms with Crippen LogP contribution >= 0.6 is 11.6 Å². The normalized spacial score (nSPS) is 23.4. The third-order valence-electron chi connectivity index (χ3n) is 7.78. The minimum Gasteiger partial charge on any atom is -0.487 e. The minimum absolute atomic E-state index is 0.168. The van der Waals surface area contributed by atoms with Gasteiger partial charge in [0.2, 0.25) is 0 Å². The molecule has 1 aliphatic carbocycles. The van der Waals surface area contributed by atoms with Crippen molar-refractivity contribution < 1.29 is 19.7 Å². The zero-order valence-electron chi connectivity index (χ0n) is 19.8. The van der Waals surface area contributed by atoms with Gasteiger partial charge in [-0.2, -0.15) is 0 Å². The number of halogens is 1. The lowest BCUT2D eigenvalue weighted by Gasteiger charge is -2.52. The summed E-state index contributed by atoms with van der Waals surface area (Å²) in [5, 5.41) is 21.1. The van der Waals surface area contributed by atoms with Crippen LogP contribution in [0.25, 0.3) is 0 Å². The van der Waals surface area contributed by atoms with E-state index in [2.05, 4.69) is 18.4 Å². The molecule has 0 saturated heterocycles. The molecule has 2 N–H and O–H groups in total. The highest BCUT2D eigenvalue weighted by atomic mass is 35.5. The Bertz CT molecular complexity index is 1050. The first-order valence-corrected chi connectivity index (χ1v) is 12.5. The largest absolute Gasteiger partial charge is 0.487 e. The number of ether oxygens (including phenoxy) is 1. The number of benzene rings is 2. The lowest BCUT2D eigenvalue weighted by Crippen LogP contribution is -2.51. The van der Waals surface area contributed by atoms with Crippen LogP contribution in [-0.4, -0.2) is 35.4 Å². The number of nitrogens with zero attached hydrogens (tertiary/aromatic N) is 1. The summed E-state index contributed by atoms with van der Waals surface area (Å²) in [6.45, 7) is 7.90. The van der Waals surface area contributed by atoms with Gasteiger partial charge in [0, 0.05) is 18.1 Å². The predicted octanol–water partition coefficient (Wildman–Crippen LogP) is 6.11. The van der Waals surface area contributed by atoms with Crippen molar-refractivity contribution in [3.05, 3.63) is 70.8 Å². The number of aryl methyl sites for hydroxylation is 1. The molecule has 4 rings (SSSR count). The lowest BCUT2D eigenvalue weighted by atomic mass is 9.57. The molecule has 2 aromatic carbocycles. The van der Waals surface area contributed by atoms with Crippen LogP contribution in [0.5, 0.6) is 5.75 Å². The first-order valence-electron chi connectivity index (χ1n) is 12.1. The van der Waals surface area contributed by atoms with Crippen LogP contribution in [0, 0.1) is 11.3 Å². The standard InChI is InChI=1S/C28H34ClNO4/c1-3-6-26(31)28(2)13-12-22(28)17-30-14-5-4-7-19-15-23(29)10-8-21(19)18-34-25-11-9-20(27(32)33)16-24(25)30/h3,8-11,15-16,22,26,31H,1,4-7,12-14,17-18H2,2H3,(H,32,33)/t22-,26+,28+/m1/s1. The summed E-state index contributed by atoms with van der Waals surface area (Å²) in [7, 11) is 0. The summed E-state index contributed by atoms with van der Waals surface area (Å²) in [5.41, 5.74) is 3.19. The number of rotatable bonds is 6. The van der Waals surface area contributed by atoms with E-state index in [0.717, 1.165) is 61.5 Å². The van der Waals surface area contributed by atoms with Crippen molar-refractivity contribution in [2.75, 3.05) is 18.0 Å². The average molecular weight is 484 g/mol. The van der Waals surface area contributed by atoms with Gasteiger partial charge in [0.15, 0.2) is 0 Å². The molecule has 0 spiro atoms. The molecule has 6 heteroatoms. The van der Waals surface area contributed by atoms with E-state index in [0.29, 0.717) is 24.7 Å². The number of aliphatic hydroxyl groups is 1. The van der Waals surface area contributed by atoms with E-state index in [-0.39, 0.29) is 11.0 Å². The molecule has 34 heavy (non-hydrogen) atoms. The topological polar surface area (TPSA) is 70.0 Å². The molecule has 3 atom stereocenters. The van der Waals surface area contributed by atoms with E-state index in [4.69, 9.17) is 16.3 Å². The molecular formula is C28H34ClNO4. The Kier molecular flexibility index (Phi) is 7.54. The number of carbonyl (C=O) groups is 1. The summed E-state index contributed by atoms with van der Waals surface area (Å²) in [4.78, 5) is 14.0. The molecule has 1 saturated carbocycles. The number of fused-ring (bicyclic) bond motifs is 2. The molecule has 1 heterocycles. The van der Waals surface area contributed by atoms with Crippen LogP contribution in [0.2, 0.25) is 5.02 Å². The number of aliphatic hydroxyl groups excluding tert-OH is 1. The Morgan fingerprint density at radius 2 is 2.12 bits per heavy atom. The monoisotopic (exact) mass is 483 g/mol. The van der Waals surface area contributed by atoms with Gasteiger partial charge in [-0.15, -0.1) is 6.58 Å². The second kappa shape index (κ2) is 10.4. The van der Waals surface area contributed by atoms with Gasteiger partial charge in [-0.1, -0.05) is 30.7 Å². The molecule has 0 bridgehead atoms. The van der Waals surface area contributed by atoms with Crippen LogP contribution in [0.3, 0.4) is 0 Å². The zero-order valence-corrected chi connectivity index (χ0v) is 20.6. The van der Waals surface area contributed by atoms with Crippen LogP contribution in [0.4, 0.5) is 5.69 Å². The molecule has 0 unspecified atom stereocenters. The highest BCUT2D eigenvalue weighted by Crippen LogP contribution is 2.51. The van der Waals surface area contributed by atoms with Crippen molar-refractivity contribution in [3.63, 3.8) is 0 Å². The smallest absolute Gasteiger partial charge is 0.335 e. The Morgan fingerprint density at radius 1 is 1.29 bits per heavy atom. The number of carboxylic acid groups (broad SMARTS) is 1. The van der Waals surface area contributed by atoms with E-state index >= 15 is 0 Å². The molecule has 0 aromatic heterocycles. The van der Waals surface area contributed by atoms with Crippen molar-refractivity contribution in [3.8, 4) is 5.75 Å². The number of aromatic carboxylic acids is 1. The molecule has 182 valence electrons. The minimum atomic E-state index is -0.952. The molecule has 1 aliphatic heterocycles. The van der Waals surface area contributed by atoms with Gasteiger partial charge in [0.1, 0.15) is 12.4 Å². The first kappa shape index (κ1) is 24.6. The van der Waals surface area contributed by atoms with E-state index in [1.807, 2.05) is 18.2 Å². The molecular weight excluding hydrogens is 450 g/mol. The molecule has 0 radical (unpaired) electrons. The third-order valence-corrected chi connectivity index (χ3v) is 8.01. The van der Waals surface area contributed by atoms with Crippen molar-refractivity contribution in [2.24, 2.45) is 11.3 Å². The van der Waals surface area contributed by atoms with Crippen LogP contribution in [0.15, 0.2) is 49.1 Å². The predicted molar refractivity (Wildman–Crippen MR) is 136 cm³/mol. The van der Waals surface area contributed by atoms with Crippen LogP contribution in [0.1, 0.15) is 60.5 Å². The Balaban J connectivity index is 1.65. The average Bonchev–Trinajstić information content (AvgIpc) is 2.84. The number of carboxylic acids is 1. The summed E-state index contributed by atoms with van der Waals surface area (Å²) in [6.07, 6.45) is 6.84. The van der Waals surface area contributed by atoms with Crippen LogP contribution < -0.4 is 9.64 Å². The fourth-order valence-electron chi connectivity index (χ4n) is 5.31. The second-order valence-electron chi connectivity index (χ2n) is 9.87. The Morgan fingerprint density at radius 3 is 2.82 bits per heavy atom. The molecule has 1 fully saturated rings. The maximum absolute atomic E-state index is 11.8. The van der Waals surface area contributed by atoms with Crippen molar-refractivity contribution in [2.45, 2.75) is 58.2 Å². The number of anilines is 1. The van der Waals surface area contributed by atoms with E-state index in [1.54, 1.807) is 24.3 Å². The second-order valence-corrected chi connectivity index (χ2v) is 10.3. The fraction of sp³-hybridized carbons (Fsp3) is 0.464. The number of hydrogen-bond acceptors (Lipinski definition) is 4. The number of hydrogen-bond donors (Lipinski definition) is 2. The molecule has 0 amide bonds. The van der Waals surface area contributed by atoms with Gasteiger partial charge < -0.3 is 19.8 Å². The Hall–Kier alpha value is -2.50. The maximum atomic E-state index is 11.8. The summed E-state index contributed by atoms with van der Waals surface area (Å²) in [6, 6.07) is 11.0. The fourth-order valence-corrected chi connectivity index (χ4v) is 5.50. The van der Waals surface area contributed by atoms with Crippen molar-refractivity contribution in [1.29, 1.82) is 0 Å². The highest BCUT2D eigenvalue weighted by Gasteiger charge is 2.47. The van der Waals surface area contributed by atoms with E-state index in [1.165, 1.54) is 5.56 Å². The van der Waals surface area contributed by atoms with Crippen LogP contribution in [-0.2, 0) is 13.0 Å². The summed E-state index contributed by atoms with van der Waals surface area (Å²) < 4.78 is 6.28. The quantitative estimate of drug-likeness (QED) is 0.485. The third kappa shape index (κ3) is 5.11. The van der Waals surface area contributed by atoms with Crippen molar-refractivity contribution >= 4 is 23.3 Å². The molecule has 2 aliphatic rings. The lowest BCUT2D eigenvalue weighted by molar-refractivity contribution is -0.0693. The van der Waals surface area contributed by atoms with Gasteiger partial charge in [0.25, 0.3) is 0 Å². The van der Waals surface area contributed by atoms with E-state index in [9.17, 15) is 15.0 Å². The van der Waals surface area contributed by atoms with Gasteiger partial charge >= 0.3 is 5.97 Å². The Labute approximate surface area is 207 Å². The van der Waals surface area contributed by atoms with Crippen molar-refractivity contribution in [1.82, 2.24) is 0 Å². The SMILES string of the molecule is C=CC[C@H](O)[C@@]1(C)CC[C@@H]1CN1CCCCc2cc(Cl)ccc2COc2ccc(C(=O)O)cc21. The van der Waals surface area contributed by atoms with Gasteiger partial charge in [-0.05, 0) is 91.3 Å². The van der Waals surface area contributed by atoms with Gasteiger partial charge in [-0.25, -0.2) is 4.79 Å². The molecule has 2 aromatic rings. The maximum Gasteiger partial charge on any atom is 0.335 e. The first-order chi connectivity index (χ1) is 16.3. The molecule has 5 nitrogen and oxygen atoms in total. The summed E-state index contributed by atoms with van der Waals surface area (Å²) >= 11 is 6.25. The van der Waals surface area contributed by atoms with E-state index < -0.39 is 12.1 Å². The summed E-state index contributed by atoms with van der Waals surface area (Å²) in [5.74, 6) is 0.0392. The zero-order chi connectivity index (χ0) is 24.3. The van der Waals surface area contributed by atoms with Gasteiger partial charge in [0.05, 0.1) is 17.4 Å². The highest BCUT2D eigenvalue weighted by molar-refractivity contribution is 6.30.